The Morgan fingerprint density at radius 3 is 2.67 bits per heavy atom. The van der Waals surface area contributed by atoms with E-state index in [4.69, 9.17) is 9.47 Å². The maximum atomic E-state index is 11.2. The van der Waals surface area contributed by atoms with Crippen molar-refractivity contribution in [2.24, 2.45) is 0 Å². The molecule has 1 atom stereocenters. The molecule has 0 heterocycles. The van der Waals surface area contributed by atoms with Crippen LogP contribution >= 0.6 is 0 Å². The Morgan fingerprint density at radius 1 is 1.19 bits per heavy atom. The van der Waals surface area contributed by atoms with Crippen LogP contribution in [0.2, 0.25) is 0 Å². The Hall–Kier alpha value is -3.03. The minimum atomic E-state index is -0.960. The molecule has 0 saturated carbocycles. The molecule has 140 valence electrons. The normalized spacial score (nSPS) is 12.0. The maximum absolute atomic E-state index is 11.2. The van der Waals surface area contributed by atoms with Crippen LogP contribution in [-0.2, 0) is 16.0 Å². The van der Waals surface area contributed by atoms with Gasteiger partial charge in [-0.05, 0) is 55.3 Å². The SMILES string of the molecule is CCOC(Cc1cccc(OCC=C(C)C#Cc2ccccc2)c1)C(=O)O. The fourth-order valence-electron chi connectivity index (χ4n) is 2.40. The van der Waals surface area contributed by atoms with Crippen LogP contribution in [-0.4, -0.2) is 30.4 Å². The molecule has 0 aliphatic rings. The summed E-state index contributed by atoms with van der Waals surface area (Å²) >= 11 is 0. The van der Waals surface area contributed by atoms with E-state index in [9.17, 15) is 9.90 Å². The molecule has 0 saturated heterocycles. The molecule has 1 N–H and O–H groups in total. The van der Waals surface area contributed by atoms with Gasteiger partial charge in [0.25, 0.3) is 0 Å². The van der Waals surface area contributed by atoms with Gasteiger partial charge >= 0.3 is 5.97 Å². The molecule has 0 aliphatic carbocycles. The van der Waals surface area contributed by atoms with E-state index >= 15 is 0 Å². The number of rotatable bonds is 8. The van der Waals surface area contributed by atoms with Crippen molar-refractivity contribution >= 4 is 5.97 Å². The highest BCUT2D eigenvalue weighted by Crippen LogP contribution is 2.16. The topological polar surface area (TPSA) is 55.8 Å². The van der Waals surface area contributed by atoms with Crippen LogP contribution in [0.4, 0.5) is 0 Å². The lowest BCUT2D eigenvalue weighted by Gasteiger charge is -2.13. The van der Waals surface area contributed by atoms with E-state index in [2.05, 4.69) is 11.8 Å². The van der Waals surface area contributed by atoms with Crippen LogP contribution in [0.1, 0.15) is 25.0 Å². The van der Waals surface area contributed by atoms with Gasteiger partial charge in [0.15, 0.2) is 6.10 Å². The van der Waals surface area contributed by atoms with Crippen LogP contribution in [0.15, 0.2) is 66.2 Å². The van der Waals surface area contributed by atoms with Crippen LogP contribution in [0.25, 0.3) is 0 Å². The Balaban J connectivity index is 1.92. The molecule has 0 fully saturated rings. The van der Waals surface area contributed by atoms with Crippen LogP contribution in [0.5, 0.6) is 5.75 Å². The summed E-state index contributed by atoms with van der Waals surface area (Å²) in [6, 6.07) is 17.2. The summed E-state index contributed by atoms with van der Waals surface area (Å²) in [4.78, 5) is 11.2. The molecule has 4 heteroatoms. The first kappa shape index (κ1) is 20.3. The van der Waals surface area contributed by atoms with E-state index in [0.29, 0.717) is 25.4 Å². The fourth-order valence-corrected chi connectivity index (χ4v) is 2.40. The summed E-state index contributed by atoms with van der Waals surface area (Å²) < 4.78 is 11.0. The standard InChI is InChI=1S/C23H24O4/c1-3-26-22(23(24)25)17-20-10-7-11-21(16-20)27-15-14-18(2)12-13-19-8-5-4-6-9-19/h4-11,14,16,22H,3,15,17H2,1-2H3,(H,24,25). The van der Waals surface area contributed by atoms with Gasteiger partial charge in [-0.3, -0.25) is 0 Å². The number of hydrogen-bond acceptors (Lipinski definition) is 3. The third-order valence-electron chi connectivity index (χ3n) is 3.78. The molecule has 0 bridgehead atoms. The zero-order valence-corrected chi connectivity index (χ0v) is 15.6. The number of hydrogen-bond donors (Lipinski definition) is 1. The van der Waals surface area contributed by atoms with Crippen molar-refractivity contribution in [3.63, 3.8) is 0 Å². The van der Waals surface area contributed by atoms with Gasteiger partial charge in [-0.2, -0.15) is 0 Å². The molecule has 2 aromatic carbocycles. The van der Waals surface area contributed by atoms with Gasteiger partial charge in [-0.1, -0.05) is 42.2 Å². The van der Waals surface area contributed by atoms with E-state index in [1.807, 2.05) is 67.6 Å². The number of carboxylic acid groups (broad SMARTS) is 1. The molecule has 0 aliphatic heterocycles. The maximum Gasteiger partial charge on any atom is 0.333 e. The van der Waals surface area contributed by atoms with Gasteiger partial charge in [0.05, 0.1) is 0 Å². The summed E-state index contributed by atoms with van der Waals surface area (Å²) in [5.74, 6) is 5.93. The van der Waals surface area contributed by atoms with Crippen molar-refractivity contribution in [3.8, 4) is 17.6 Å². The monoisotopic (exact) mass is 364 g/mol. The molecule has 0 radical (unpaired) electrons. The zero-order chi connectivity index (χ0) is 19.5. The predicted octanol–water partition coefficient (Wildman–Crippen LogP) is 4.10. The van der Waals surface area contributed by atoms with E-state index < -0.39 is 12.1 Å². The molecule has 2 rings (SSSR count). The number of carbonyl (C=O) groups is 1. The van der Waals surface area contributed by atoms with Crippen molar-refractivity contribution in [2.45, 2.75) is 26.4 Å². The number of ether oxygens (including phenoxy) is 2. The highest BCUT2D eigenvalue weighted by molar-refractivity contribution is 5.72. The average Bonchev–Trinajstić information content (AvgIpc) is 2.67. The van der Waals surface area contributed by atoms with Crippen molar-refractivity contribution < 1.29 is 19.4 Å². The average molecular weight is 364 g/mol. The highest BCUT2D eigenvalue weighted by Gasteiger charge is 2.18. The second kappa shape index (κ2) is 10.8. The summed E-state index contributed by atoms with van der Waals surface area (Å²) in [6.45, 7) is 4.48. The molecular formula is C23H24O4. The predicted molar refractivity (Wildman–Crippen MR) is 106 cm³/mol. The third kappa shape index (κ3) is 7.39. The van der Waals surface area contributed by atoms with E-state index in [1.165, 1.54) is 0 Å². The second-order valence-corrected chi connectivity index (χ2v) is 5.95. The molecule has 0 aromatic heterocycles. The molecule has 27 heavy (non-hydrogen) atoms. The minimum Gasteiger partial charge on any atom is -0.489 e. The Morgan fingerprint density at radius 2 is 1.96 bits per heavy atom. The van der Waals surface area contributed by atoms with Crippen molar-refractivity contribution in [3.05, 3.63) is 77.4 Å². The minimum absolute atomic E-state index is 0.303. The Labute approximate surface area is 160 Å². The van der Waals surface area contributed by atoms with Crippen molar-refractivity contribution in [2.75, 3.05) is 13.2 Å². The smallest absolute Gasteiger partial charge is 0.333 e. The van der Waals surface area contributed by atoms with Crippen molar-refractivity contribution in [1.82, 2.24) is 0 Å². The Kier molecular flexibility index (Phi) is 8.15. The van der Waals surface area contributed by atoms with Gasteiger partial charge in [-0.15, -0.1) is 0 Å². The number of aliphatic carboxylic acids is 1. The summed E-state index contributed by atoms with van der Waals surface area (Å²) in [5, 5.41) is 9.19. The first-order valence-corrected chi connectivity index (χ1v) is 8.88. The van der Waals surface area contributed by atoms with Gasteiger partial charge in [0, 0.05) is 18.6 Å². The number of allylic oxidation sites excluding steroid dienone is 1. The lowest BCUT2D eigenvalue weighted by atomic mass is 10.1. The third-order valence-corrected chi connectivity index (χ3v) is 3.78. The Bertz CT molecular complexity index is 828. The van der Waals surface area contributed by atoms with Crippen LogP contribution in [0, 0.1) is 11.8 Å². The molecule has 4 nitrogen and oxygen atoms in total. The number of benzene rings is 2. The molecule has 1 unspecified atom stereocenters. The molecule has 2 aromatic rings. The van der Waals surface area contributed by atoms with E-state index in [0.717, 1.165) is 16.7 Å². The van der Waals surface area contributed by atoms with Gasteiger partial charge < -0.3 is 14.6 Å². The van der Waals surface area contributed by atoms with E-state index in [1.54, 1.807) is 6.92 Å². The molecule has 0 amide bonds. The van der Waals surface area contributed by atoms with Crippen LogP contribution in [0.3, 0.4) is 0 Å². The quantitative estimate of drug-likeness (QED) is 0.717. The molecule has 0 spiro atoms. The van der Waals surface area contributed by atoms with Crippen molar-refractivity contribution in [1.29, 1.82) is 0 Å². The summed E-state index contributed by atoms with van der Waals surface area (Å²) in [6.07, 6.45) is 1.38. The van der Waals surface area contributed by atoms with Gasteiger partial charge in [0.2, 0.25) is 0 Å². The fraction of sp³-hybridized carbons (Fsp3) is 0.261. The van der Waals surface area contributed by atoms with Gasteiger partial charge in [-0.25, -0.2) is 4.79 Å². The first-order chi connectivity index (χ1) is 13.1. The first-order valence-electron chi connectivity index (χ1n) is 8.88. The zero-order valence-electron chi connectivity index (χ0n) is 15.6. The second-order valence-electron chi connectivity index (χ2n) is 5.95. The van der Waals surface area contributed by atoms with Gasteiger partial charge in [0.1, 0.15) is 12.4 Å². The highest BCUT2D eigenvalue weighted by atomic mass is 16.5. The van der Waals surface area contributed by atoms with E-state index in [-0.39, 0.29) is 0 Å². The lowest BCUT2D eigenvalue weighted by molar-refractivity contribution is -0.149. The van der Waals surface area contributed by atoms with Crippen LogP contribution < -0.4 is 4.74 Å². The number of carboxylic acids is 1. The largest absolute Gasteiger partial charge is 0.489 e. The molecular weight excluding hydrogens is 340 g/mol. The summed E-state index contributed by atoms with van der Waals surface area (Å²) in [7, 11) is 0. The summed E-state index contributed by atoms with van der Waals surface area (Å²) in [5.41, 5.74) is 2.76. The lowest BCUT2D eigenvalue weighted by Crippen LogP contribution is -2.26.